The van der Waals surface area contributed by atoms with Gasteiger partial charge < -0.3 is 5.32 Å². The zero-order chi connectivity index (χ0) is 17.9. The van der Waals surface area contributed by atoms with Crippen LogP contribution in [-0.2, 0) is 4.79 Å². The Hall–Kier alpha value is -1.58. The maximum absolute atomic E-state index is 14.0. The number of amides is 1. The summed E-state index contributed by atoms with van der Waals surface area (Å²) in [6.45, 7) is 7.29. The molecule has 1 aromatic carbocycles. The van der Waals surface area contributed by atoms with E-state index < -0.39 is 11.7 Å². The van der Waals surface area contributed by atoms with Gasteiger partial charge in [-0.2, -0.15) is 0 Å². The molecule has 0 aliphatic heterocycles. The van der Waals surface area contributed by atoms with E-state index in [-0.39, 0.29) is 6.54 Å². The summed E-state index contributed by atoms with van der Waals surface area (Å²) in [4.78, 5) is 11.7. The van der Waals surface area contributed by atoms with Crippen LogP contribution >= 0.6 is 23.2 Å². The number of carbonyl (C=O) groups excluding carboxylic acids is 1. The third-order valence-corrected chi connectivity index (χ3v) is 4.64. The van der Waals surface area contributed by atoms with Gasteiger partial charge in [-0.15, -0.1) is 0 Å². The average molecular weight is 368 g/mol. The second-order valence-electron chi connectivity index (χ2n) is 6.18. The van der Waals surface area contributed by atoms with E-state index in [1.807, 2.05) is 18.2 Å². The zero-order valence-corrected chi connectivity index (χ0v) is 15.2. The Kier molecular flexibility index (Phi) is 6.25. The molecule has 1 saturated carbocycles. The van der Waals surface area contributed by atoms with E-state index in [0.29, 0.717) is 27.5 Å². The number of rotatable bonds is 6. The molecule has 5 heteroatoms. The van der Waals surface area contributed by atoms with E-state index in [0.717, 1.165) is 17.6 Å². The quantitative estimate of drug-likeness (QED) is 0.396. The van der Waals surface area contributed by atoms with Gasteiger partial charge in [0.15, 0.2) is 5.83 Å². The molecule has 1 N–H and O–H groups in total. The van der Waals surface area contributed by atoms with E-state index >= 15 is 0 Å². The standard InChI is InChI=1S/C19H20Cl2FNO/c1-11(2)10-23-19(24)18(22)12(3)4-5-13-8-15(13)14-6-7-16(20)17(21)9-14/h4-7,9,13,15H,1,8,10H2,2-3H3,(H,23,24). The minimum atomic E-state index is -0.765. The molecule has 1 fully saturated rings. The second-order valence-corrected chi connectivity index (χ2v) is 6.99. The molecule has 0 heterocycles. The van der Waals surface area contributed by atoms with Gasteiger partial charge >= 0.3 is 0 Å². The van der Waals surface area contributed by atoms with E-state index in [1.165, 1.54) is 0 Å². The number of halogens is 3. The van der Waals surface area contributed by atoms with Crippen LogP contribution in [-0.4, -0.2) is 12.5 Å². The van der Waals surface area contributed by atoms with Gasteiger partial charge in [0.2, 0.25) is 0 Å². The van der Waals surface area contributed by atoms with Gasteiger partial charge in [0, 0.05) is 6.54 Å². The van der Waals surface area contributed by atoms with Gasteiger partial charge in [0.1, 0.15) is 0 Å². The predicted molar refractivity (Wildman–Crippen MR) is 98.1 cm³/mol. The fraction of sp³-hybridized carbons (Fsp3) is 0.316. The number of carbonyl (C=O) groups is 1. The molecule has 1 aliphatic rings. The first-order valence-corrected chi connectivity index (χ1v) is 8.47. The third-order valence-electron chi connectivity index (χ3n) is 3.90. The highest BCUT2D eigenvalue weighted by Crippen LogP contribution is 2.49. The molecule has 24 heavy (non-hydrogen) atoms. The Morgan fingerprint density at radius 1 is 1.38 bits per heavy atom. The van der Waals surface area contributed by atoms with Crippen molar-refractivity contribution < 1.29 is 9.18 Å². The first-order chi connectivity index (χ1) is 11.3. The first kappa shape index (κ1) is 18.8. The van der Waals surface area contributed by atoms with Gasteiger partial charge in [0.25, 0.3) is 5.91 Å². The van der Waals surface area contributed by atoms with Crippen LogP contribution in [0, 0.1) is 5.92 Å². The van der Waals surface area contributed by atoms with E-state index in [2.05, 4.69) is 11.9 Å². The predicted octanol–water partition coefficient (Wildman–Crippen LogP) is 5.59. The molecule has 0 bridgehead atoms. The van der Waals surface area contributed by atoms with Gasteiger partial charge in [-0.25, -0.2) is 4.39 Å². The molecule has 1 aromatic rings. The zero-order valence-electron chi connectivity index (χ0n) is 13.7. The smallest absolute Gasteiger partial charge is 0.280 e. The maximum atomic E-state index is 14.0. The van der Waals surface area contributed by atoms with Crippen LogP contribution in [0.1, 0.15) is 31.7 Å². The molecule has 0 radical (unpaired) electrons. The van der Waals surface area contributed by atoms with Crippen LogP contribution in [0.4, 0.5) is 4.39 Å². The van der Waals surface area contributed by atoms with Crippen LogP contribution in [0.25, 0.3) is 0 Å². The SMILES string of the molecule is C=C(C)CNC(=O)C(F)=C(C)C=CC1CC1c1ccc(Cl)c(Cl)c1. The normalized spacial score (nSPS) is 20.7. The number of benzene rings is 1. The lowest BCUT2D eigenvalue weighted by molar-refractivity contribution is -0.118. The molecule has 2 rings (SSSR count). The van der Waals surface area contributed by atoms with E-state index in [1.54, 1.807) is 26.0 Å². The fourth-order valence-corrected chi connectivity index (χ4v) is 2.69. The van der Waals surface area contributed by atoms with Crippen LogP contribution < -0.4 is 5.32 Å². The van der Waals surface area contributed by atoms with Crippen molar-refractivity contribution >= 4 is 29.1 Å². The topological polar surface area (TPSA) is 29.1 Å². The Morgan fingerprint density at radius 2 is 2.08 bits per heavy atom. The van der Waals surface area contributed by atoms with Crippen molar-refractivity contribution in [2.75, 3.05) is 6.54 Å². The molecule has 1 aliphatic carbocycles. The molecule has 2 nitrogen and oxygen atoms in total. The van der Waals surface area contributed by atoms with Crippen LogP contribution in [0.3, 0.4) is 0 Å². The van der Waals surface area contributed by atoms with Crippen LogP contribution in [0.15, 0.2) is 53.9 Å². The number of nitrogens with one attached hydrogen (secondary N) is 1. The summed E-state index contributed by atoms with van der Waals surface area (Å²) in [5, 5.41) is 3.56. The third kappa shape index (κ3) is 4.96. The van der Waals surface area contributed by atoms with Crippen molar-refractivity contribution in [1.82, 2.24) is 5.32 Å². The monoisotopic (exact) mass is 367 g/mol. The molecule has 0 spiro atoms. The van der Waals surface area contributed by atoms with E-state index in [9.17, 15) is 9.18 Å². The van der Waals surface area contributed by atoms with Crippen LogP contribution in [0.5, 0.6) is 0 Å². The summed E-state index contributed by atoms with van der Waals surface area (Å²) in [6.07, 6.45) is 4.58. The summed E-state index contributed by atoms with van der Waals surface area (Å²) >= 11 is 11.9. The highest BCUT2D eigenvalue weighted by Gasteiger charge is 2.36. The minimum absolute atomic E-state index is 0.269. The first-order valence-electron chi connectivity index (χ1n) is 7.71. The highest BCUT2D eigenvalue weighted by molar-refractivity contribution is 6.42. The Balaban J connectivity index is 1.96. The molecule has 0 saturated heterocycles. The lowest BCUT2D eigenvalue weighted by Crippen LogP contribution is -2.25. The number of hydrogen-bond acceptors (Lipinski definition) is 1. The lowest BCUT2D eigenvalue weighted by Gasteiger charge is -2.04. The fourth-order valence-electron chi connectivity index (χ4n) is 2.38. The number of hydrogen-bond donors (Lipinski definition) is 1. The maximum Gasteiger partial charge on any atom is 0.280 e. The second kappa shape index (κ2) is 8.00. The number of allylic oxidation sites excluding steroid dienone is 3. The average Bonchev–Trinajstić information content (AvgIpc) is 3.31. The summed E-state index contributed by atoms with van der Waals surface area (Å²) in [6, 6.07) is 5.62. The summed E-state index contributed by atoms with van der Waals surface area (Å²) in [5.74, 6) is -0.788. The van der Waals surface area contributed by atoms with Gasteiger partial charge in [0.05, 0.1) is 10.0 Å². The molecular formula is C19H20Cl2FNO. The molecule has 0 aromatic heterocycles. The van der Waals surface area contributed by atoms with Gasteiger partial charge in [-0.1, -0.05) is 53.6 Å². The summed E-state index contributed by atoms with van der Waals surface area (Å²) in [7, 11) is 0. The van der Waals surface area contributed by atoms with Gasteiger partial charge in [-0.3, -0.25) is 4.79 Å². The summed E-state index contributed by atoms with van der Waals surface area (Å²) in [5.41, 5.74) is 2.21. The summed E-state index contributed by atoms with van der Waals surface area (Å²) < 4.78 is 14.0. The van der Waals surface area contributed by atoms with Crippen molar-refractivity contribution in [3.05, 3.63) is 69.5 Å². The van der Waals surface area contributed by atoms with Crippen molar-refractivity contribution in [2.24, 2.45) is 5.92 Å². The van der Waals surface area contributed by atoms with E-state index in [4.69, 9.17) is 23.2 Å². The Labute approximate surface area is 152 Å². The molecule has 2 unspecified atom stereocenters. The Bertz CT molecular complexity index is 724. The van der Waals surface area contributed by atoms with Gasteiger partial charge in [-0.05, 0) is 55.4 Å². The van der Waals surface area contributed by atoms with Crippen molar-refractivity contribution in [3.63, 3.8) is 0 Å². The molecule has 128 valence electrons. The molecular weight excluding hydrogens is 348 g/mol. The molecule has 2 atom stereocenters. The largest absolute Gasteiger partial charge is 0.346 e. The Morgan fingerprint density at radius 3 is 2.71 bits per heavy atom. The van der Waals surface area contributed by atoms with Crippen molar-refractivity contribution in [1.29, 1.82) is 0 Å². The van der Waals surface area contributed by atoms with Crippen LogP contribution in [0.2, 0.25) is 10.0 Å². The van der Waals surface area contributed by atoms with Crippen molar-refractivity contribution in [2.45, 2.75) is 26.2 Å². The lowest BCUT2D eigenvalue weighted by atomic mass is 10.1. The minimum Gasteiger partial charge on any atom is -0.346 e. The molecule has 1 amide bonds. The highest BCUT2D eigenvalue weighted by atomic mass is 35.5. The van der Waals surface area contributed by atoms with Crippen molar-refractivity contribution in [3.8, 4) is 0 Å².